The first-order chi connectivity index (χ1) is 5.29. The third-order valence-corrected chi connectivity index (χ3v) is 3.04. The highest BCUT2D eigenvalue weighted by Crippen LogP contribution is 2.38. The summed E-state index contributed by atoms with van der Waals surface area (Å²) in [4.78, 5) is 11.1. The van der Waals surface area contributed by atoms with Gasteiger partial charge in [-0.2, -0.15) is 0 Å². The summed E-state index contributed by atoms with van der Waals surface area (Å²) >= 11 is 0. The molecule has 1 heterocycles. The third-order valence-electron chi connectivity index (χ3n) is 3.04. The number of carbonyl (C=O) groups excluding carboxylic acids is 1. The molecule has 2 aliphatic rings. The van der Waals surface area contributed by atoms with Crippen molar-refractivity contribution in [3.8, 4) is 0 Å². The van der Waals surface area contributed by atoms with E-state index in [9.17, 15) is 4.79 Å². The molecule has 0 radical (unpaired) electrons. The van der Waals surface area contributed by atoms with Gasteiger partial charge >= 0.3 is 5.97 Å². The minimum absolute atomic E-state index is 0.0295. The fourth-order valence-electron chi connectivity index (χ4n) is 2.28. The molecule has 2 heteroatoms. The molecule has 2 nitrogen and oxygen atoms in total. The van der Waals surface area contributed by atoms with Crippen LogP contribution in [-0.4, -0.2) is 12.1 Å². The summed E-state index contributed by atoms with van der Waals surface area (Å²) in [6.07, 6.45) is 5.08. The number of rotatable bonds is 0. The minimum Gasteiger partial charge on any atom is -0.462 e. The second kappa shape index (κ2) is 2.50. The van der Waals surface area contributed by atoms with Gasteiger partial charge in [-0.05, 0) is 19.3 Å². The van der Waals surface area contributed by atoms with Crippen LogP contribution in [0.3, 0.4) is 0 Å². The quantitative estimate of drug-likeness (QED) is 0.497. The Kier molecular flexibility index (Phi) is 1.63. The summed E-state index contributed by atoms with van der Waals surface area (Å²) in [5.74, 6) is 0.735. The van der Waals surface area contributed by atoms with Crippen LogP contribution in [0, 0.1) is 11.8 Å². The SMILES string of the molecule is C[C@@H]1C(=O)O[C@@H]2CCCC[C@H]12. The fourth-order valence-corrected chi connectivity index (χ4v) is 2.28. The molecule has 62 valence electrons. The molecule has 3 atom stereocenters. The van der Waals surface area contributed by atoms with Crippen molar-refractivity contribution in [3.63, 3.8) is 0 Å². The fraction of sp³-hybridized carbons (Fsp3) is 0.889. The zero-order chi connectivity index (χ0) is 7.84. The highest BCUT2D eigenvalue weighted by molar-refractivity contribution is 5.74. The van der Waals surface area contributed by atoms with E-state index in [4.69, 9.17) is 4.74 Å². The number of hydrogen-bond acceptors (Lipinski definition) is 2. The lowest BCUT2D eigenvalue weighted by molar-refractivity contribution is -0.144. The standard InChI is InChI=1S/C9H14O2/c1-6-7-4-2-3-5-8(7)11-9(6)10/h6-8H,2-5H2,1H3/t6-,7+,8+/m0/s1. The molecular formula is C9H14O2. The van der Waals surface area contributed by atoms with E-state index in [2.05, 4.69) is 0 Å². The predicted octanol–water partition coefficient (Wildman–Crippen LogP) is 1.74. The van der Waals surface area contributed by atoms with E-state index in [-0.39, 0.29) is 18.0 Å². The van der Waals surface area contributed by atoms with Crippen LogP contribution >= 0.6 is 0 Å². The van der Waals surface area contributed by atoms with Crippen molar-refractivity contribution < 1.29 is 9.53 Å². The van der Waals surface area contributed by atoms with Crippen molar-refractivity contribution in [2.45, 2.75) is 38.7 Å². The van der Waals surface area contributed by atoms with Gasteiger partial charge in [0.25, 0.3) is 0 Å². The van der Waals surface area contributed by atoms with Crippen molar-refractivity contribution in [2.24, 2.45) is 11.8 Å². The van der Waals surface area contributed by atoms with Crippen LogP contribution < -0.4 is 0 Å². The third kappa shape index (κ3) is 1.05. The Hall–Kier alpha value is -0.530. The van der Waals surface area contributed by atoms with Crippen LogP contribution in [0.5, 0.6) is 0 Å². The first-order valence-corrected chi connectivity index (χ1v) is 4.49. The van der Waals surface area contributed by atoms with E-state index >= 15 is 0 Å². The number of ether oxygens (including phenoxy) is 1. The van der Waals surface area contributed by atoms with Crippen molar-refractivity contribution in [1.82, 2.24) is 0 Å². The molecule has 0 aromatic carbocycles. The molecule has 11 heavy (non-hydrogen) atoms. The summed E-state index contributed by atoms with van der Waals surface area (Å²) < 4.78 is 5.24. The molecule has 0 spiro atoms. The molecule has 2 fully saturated rings. The summed E-state index contributed by atoms with van der Waals surface area (Å²) in [5.41, 5.74) is 0. The van der Waals surface area contributed by atoms with E-state index in [1.165, 1.54) is 19.3 Å². The highest BCUT2D eigenvalue weighted by Gasteiger charge is 2.42. The molecule has 1 aliphatic carbocycles. The monoisotopic (exact) mass is 154 g/mol. The second-order valence-corrected chi connectivity index (χ2v) is 3.71. The molecule has 0 N–H and O–H groups in total. The largest absolute Gasteiger partial charge is 0.462 e. The number of carbonyl (C=O) groups is 1. The molecule has 1 saturated heterocycles. The van der Waals surface area contributed by atoms with Crippen molar-refractivity contribution in [3.05, 3.63) is 0 Å². The predicted molar refractivity (Wildman–Crippen MR) is 41.0 cm³/mol. The van der Waals surface area contributed by atoms with Crippen LogP contribution in [0.2, 0.25) is 0 Å². The summed E-state index contributed by atoms with van der Waals surface area (Å²) in [5, 5.41) is 0. The normalized spacial score (nSPS) is 43.4. The van der Waals surface area contributed by atoms with Gasteiger partial charge in [-0.15, -0.1) is 0 Å². The maximum absolute atomic E-state index is 11.1. The van der Waals surface area contributed by atoms with Gasteiger partial charge in [0.2, 0.25) is 0 Å². The van der Waals surface area contributed by atoms with E-state index in [0.29, 0.717) is 5.92 Å². The van der Waals surface area contributed by atoms with Crippen LogP contribution in [0.4, 0.5) is 0 Å². The summed E-state index contributed by atoms with van der Waals surface area (Å²) in [6, 6.07) is 0. The average Bonchev–Trinajstić information content (AvgIpc) is 2.30. The smallest absolute Gasteiger partial charge is 0.309 e. The van der Waals surface area contributed by atoms with Crippen LogP contribution in [0.25, 0.3) is 0 Å². The molecule has 0 bridgehead atoms. The molecule has 0 amide bonds. The molecule has 0 aromatic rings. The van der Waals surface area contributed by atoms with Gasteiger partial charge in [-0.1, -0.05) is 13.3 Å². The lowest BCUT2D eigenvalue weighted by Gasteiger charge is -2.23. The molecular weight excluding hydrogens is 140 g/mol. The van der Waals surface area contributed by atoms with Crippen LogP contribution in [0.1, 0.15) is 32.6 Å². The molecule has 1 saturated carbocycles. The number of esters is 1. The van der Waals surface area contributed by atoms with Crippen LogP contribution in [0.15, 0.2) is 0 Å². The highest BCUT2D eigenvalue weighted by atomic mass is 16.6. The topological polar surface area (TPSA) is 26.3 Å². The molecule has 0 aromatic heterocycles. The van der Waals surface area contributed by atoms with Crippen molar-refractivity contribution in [1.29, 1.82) is 0 Å². The van der Waals surface area contributed by atoms with Gasteiger partial charge in [0.1, 0.15) is 6.10 Å². The van der Waals surface area contributed by atoms with Gasteiger partial charge < -0.3 is 4.74 Å². The summed E-state index contributed by atoms with van der Waals surface area (Å²) in [7, 11) is 0. The molecule has 2 rings (SSSR count). The Morgan fingerprint density at radius 2 is 2.09 bits per heavy atom. The first kappa shape index (κ1) is 7.14. The maximum Gasteiger partial charge on any atom is 0.309 e. The van der Waals surface area contributed by atoms with Gasteiger partial charge in [-0.25, -0.2) is 0 Å². The van der Waals surface area contributed by atoms with Crippen LogP contribution in [-0.2, 0) is 9.53 Å². The minimum atomic E-state index is 0.0295. The Balaban J connectivity index is 2.11. The summed E-state index contributed by atoms with van der Waals surface area (Å²) in [6.45, 7) is 2.00. The van der Waals surface area contributed by atoms with Gasteiger partial charge in [-0.3, -0.25) is 4.79 Å². The second-order valence-electron chi connectivity index (χ2n) is 3.71. The molecule has 1 aliphatic heterocycles. The van der Waals surface area contributed by atoms with Crippen molar-refractivity contribution in [2.75, 3.05) is 0 Å². The average molecular weight is 154 g/mol. The van der Waals surface area contributed by atoms with Gasteiger partial charge in [0.15, 0.2) is 0 Å². The zero-order valence-corrected chi connectivity index (χ0v) is 6.88. The molecule has 0 unspecified atom stereocenters. The van der Waals surface area contributed by atoms with E-state index in [1.807, 2.05) is 6.92 Å². The Morgan fingerprint density at radius 3 is 2.82 bits per heavy atom. The Bertz CT molecular complexity index is 176. The lowest BCUT2D eigenvalue weighted by atomic mass is 9.81. The van der Waals surface area contributed by atoms with Gasteiger partial charge in [0.05, 0.1) is 5.92 Å². The maximum atomic E-state index is 11.1. The first-order valence-electron chi connectivity index (χ1n) is 4.49. The lowest BCUT2D eigenvalue weighted by Crippen LogP contribution is -2.23. The number of hydrogen-bond donors (Lipinski definition) is 0. The van der Waals surface area contributed by atoms with Crippen molar-refractivity contribution >= 4 is 5.97 Å². The van der Waals surface area contributed by atoms with E-state index < -0.39 is 0 Å². The Labute approximate surface area is 66.9 Å². The van der Waals surface area contributed by atoms with E-state index in [0.717, 1.165) is 6.42 Å². The van der Waals surface area contributed by atoms with E-state index in [1.54, 1.807) is 0 Å². The zero-order valence-electron chi connectivity index (χ0n) is 6.88. The number of fused-ring (bicyclic) bond motifs is 1. The van der Waals surface area contributed by atoms with Gasteiger partial charge in [0, 0.05) is 5.92 Å². The Morgan fingerprint density at radius 1 is 1.36 bits per heavy atom.